The third-order valence-corrected chi connectivity index (χ3v) is 3.35. The van der Waals surface area contributed by atoms with Crippen LogP contribution < -0.4 is 20.1 Å². The summed E-state index contributed by atoms with van der Waals surface area (Å²) in [5.41, 5.74) is -1.53. The van der Waals surface area contributed by atoms with Crippen LogP contribution in [0.25, 0.3) is 0 Å². The highest BCUT2D eigenvalue weighted by molar-refractivity contribution is 5.94. The van der Waals surface area contributed by atoms with Gasteiger partial charge in [-0.2, -0.15) is 13.2 Å². The number of nitrogens with one attached hydrogen (secondary N) is 2. The minimum absolute atomic E-state index is 0.0256. The summed E-state index contributed by atoms with van der Waals surface area (Å²) in [6.07, 6.45) is -4.71. The van der Waals surface area contributed by atoms with Crippen LogP contribution in [-0.4, -0.2) is 25.5 Å². The zero-order valence-corrected chi connectivity index (χ0v) is 14.5. The summed E-state index contributed by atoms with van der Waals surface area (Å²) in [7, 11) is 1.50. The van der Waals surface area contributed by atoms with Gasteiger partial charge in [-0.1, -0.05) is 0 Å². The molecule has 2 aromatic rings. The Labute approximate surface area is 153 Å². The summed E-state index contributed by atoms with van der Waals surface area (Å²) < 4.78 is 49.9. The van der Waals surface area contributed by atoms with Gasteiger partial charge in [0.15, 0.2) is 6.61 Å². The van der Waals surface area contributed by atoms with Crippen molar-refractivity contribution in [3.05, 3.63) is 48.0 Å². The number of halogens is 3. The van der Waals surface area contributed by atoms with E-state index in [-0.39, 0.29) is 5.69 Å². The summed E-state index contributed by atoms with van der Waals surface area (Å²) in [5.74, 6) is -0.305. The number of carbonyl (C=O) groups is 2. The molecule has 2 amide bonds. The number of rotatable bonds is 6. The topological polar surface area (TPSA) is 76.7 Å². The maximum atomic E-state index is 13.2. The summed E-state index contributed by atoms with van der Waals surface area (Å²) >= 11 is 0. The lowest BCUT2D eigenvalue weighted by Gasteiger charge is -2.16. The van der Waals surface area contributed by atoms with Crippen molar-refractivity contribution in [3.63, 3.8) is 0 Å². The molecule has 9 heteroatoms. The Morgan fingerprint density at radius 2 is 1.63 bits per heavy atom. The van der Waals surface area contributed by atoms with Gasteiger partial charge in [0.1, 0.15) is 11.5 Å². The molecule has 0 aliphatic carbocycles. The van der Waals surface area contributed by atoms with E-state index in [4.69, 9.17) is 9.47 Å². The summed E-state index contributed by atoms with van der Waals surface area (Å²) in [5, 5.41) is 4.44. The number of carbonyl (C=O) groups excluding carboxylic acids is 2. The second-order valence-corrected chi connectivity index (χ2v) is 5.45. The maximum absolute atomic E-state index is 13.2. The second kappa shape index (κ2) is 8.43. The van der Waals surface area contributed by atoms with Gasteiger partial charge in [-0.3, -0.25) is 9.59 Å². The lowest BCUT2D eigenvalue weighted by atomic mass is 10.1. The third kappa shape index (κ3) is 5.91. The van der Waals surface area contributed by atoms with Gasteiger partial charge in [-0.25, -0.2) is 0 Å². The molecule has 0 heterocycles. The van der Waals surface area contributed by atoms with Crippen molar-refractivity contribution < 1.29 is 32.2 Å². The van der Waals surface area contributed by atoms with E-state index in [1.807, 2.05) is 0 Å². The predicted octanol–water partition coefficient (Wildman–Crippen LogP) is 3.69. The van der Waals surface area contributed by atoms with Gasteiger partial charge in [0.05, 0.1) is 18.4 Å². The molecular weight excluding hydrogens is 365 g/mol. The van der Waals surface area contributed by atoms with Crippen LogP contribution >= 0.6 is 0 Å². The van der Waals surface area contributed by atoms with Crippen LogP contribution in [0.3, 0.4) is 0 Å². The highest BCUT2D eigenvalue weighted by atomic mass is 19.4. The number of ether oxygens (including phenoxy) is 2. The van der Waals surface area contributed by atoms with Crippen molar-refractivity contribution in [1.29, 1.82) is 0 Å². The Morgan fingerprint density at radius 1 is 1.00 bits per heavy atom. The molecule has 0 aliphatic rings. The van der Waals surface area contributed by atoms with E-state index in [1.165, 1.54) is 20.1 Å². The zero-order valence-electron chi connectivity index (χ0n) is 14.5. The van der Waals surface area contributed by atoms with Crippen LogP contribution in [0.2, 0.25) is 0 Å². The first-order valence-corrected chi connectivity index (χ1v) is 7.74. The number of amides is 2. The van der Waals surface area contributed by atoms with Gasteiger partial charge >= 0.3 is 6.18 Å². The molecule has 2 aromatic carbocycles. The molecule has 0 atom stereocenters. The first-order valence-electron chi connectivity index (χ1n) is 7.74. The molecule has 0 spiro atoms. The molecule has 0 saturated carbocycles. The largest absolute Gasteiger partial charge is 0.497 e. The predicted molar refractivity (Wildman–Crippen MR) is 92.9 cm³/mol. The van der Waals surface area contributed by atoms with Gasteiger partial charge < -0.3 is 20.1 Å². The van der Waals surface area contributed by atoms with Gasteiger partial charge in [0.2, 0.25) is 5.91 Å². The standard InChI is InChI=1S/C18H17F3N2O4/c1-11(24)22-12-3-8-16(15(9-12)18(19,20)21)23-17(25)10-27-14-6-4-13(26-2)5-7-14/h3-9H,10H2,1-2H3,(H,22,24)(H,23,25). The lowest BCUT2D eigenvalue weighted by molar-refractivity contribution is -0.137. The SMILES string of the molecule is COc1ccc(OCC(=O)Nc2ccc(NC(C)=O)cc2C(F)(F)F)cc1. The summed E-state index contributed by atoms with van der Waals surface area (Å²) in [6, 6.07) is 9.45. The molecular formula is C18H17F3N2O4. The molecule has 27 heavy (non-hydrogen) atoms. The fourth-order valence-corrected chi connectivity index (χ4v) is 2.18. The van der Waals surface area contributed by atoms with Crippen molar-refractivity contribution >= 4 is 23.2 Å². The van der Waals surface area contributed by atoms with E-state index < -0.39 is 35.8 Å². The number of methoxy groups -OCH3 is 1. The van der Waals surface area contributed by atoms with E-state index in [0.717, 1.165) is 12.1 Å². The molecule has 2 N–H and O–H groups in total. The highest BCUT2D eigenvalue weighted by Crippen LogP contribution is 2.36. The summed E-state index contributed by atoms with van der Waals surface area (Å²) in [6.45, 7) is 0.705. The monoisotopic (exact) mass is 382 g/mol. The van der Waals surface area contributed by atoms with E-state index in [2.05, 4.69) is 10.6 Å². The van der Waals surface area contributed by atoms with Crippen molar-refractivity contribution in [2.45, 2.75) is 13.1 Å². The lowest BCUT2D eigenvalue weighted by Crippen LogP contribution is -2.22. The van der Waals surface area contributed by atoms with Crippen LogP contribution in [0.5, 0.6) is 11.5 Å². The average molecular weight is 382 g/mol. The first kappa shape index (κ1) is 20.1. The Hall–Kier alpha value is -3.23. The Kier molecular flexibility index (Phi) is 6.27. The Bertz CT molecular complexity index is 820. The van der Waals surface area contributed by atoms with Crippen LogP contribution in [0.15, 0.2) is 42.5 Å². The highest BCUT2D eigenvalue weighted by Gasteiger charge is 2.34. The number of hydrogen-bond donors (Lipinski definition) is 2. The molecule has 0 aliphatic heterocycles. The van der Waals surface area contributed by atoms with Gasteiger partial charge in [-0.05, 0) is 42.5 Å². The number of anilines is 2. The van der Waals surface area contributed by atoms with Gasteiger partial charge in [0, 0.05) is 12.6 Å². The molecule has 0 saturated heterocycles. The molecule has 6 nitrogen and oxygen atoms in total. The Morgan fingerprint density at radius 3 is 2.19 bits per heavy atom. The number of hydrogen-bond acceptors (Lipinski definition) is 4. The van der Waals surface area contributed by atoms with Crippen LogP contribution in [0, 0.1) is 0 Å². The fraction of sp³-hybridized carbons (Fsp3) is 0.222. The van der Waals surface area contributed by atoms with Crippen LogP contribution in [-0.2, 0) is 15.8 Å². The molecule has 0 unspecified atom stereocenters. The van der Waals surface area contributed by atoms with Gasteiger partial charge in [0.25, 0.3) is 5.91 Å². The Balaban J connectivity index is 2.07. The van der Waals surface area contributed by atoms with Crippen molar-refractivity contribution in [3.8, 4) is 11.5 Å². The molecule has 0 radical (unpaired) electrons. The molecule has 0 aromatic heterocycles. The molecule has 0 bridgehead atoms. The third-order valence-electron chi connectivity index (χ3n) is 3.35. The van der Waals surface area contributed by atoms with E-state index in [0.29, 0.717) is 11.5 Å². The molecule has 144 valence electrons. The fourth-order valence-electron chi connectivity index (χ4n) is 2.18. The average Bonchev–Trinajstić information content (AvgIpc) is 2.60. The van der Waals surface area contributed by atoms with Gasteiger partial charge in [-0.15, -0.1) is 0 Å². The molecule has 0 fully saturated rings. The minimum Gasteiger partial charge on any atom is -0.497 e. The van der Waals surface area contributed by atoms with Crippen molar-refractivity contribution in [2.75, 3.05) is 24.4 Å². The quantitative estimate of drug-likeness (QED) is 0.799. The van der Waals surface area contributed by atoms with E-state index in [1.54, 1.807) is 24.3 Å². The second-order valence-electron chi connectivity index (χ2n) is 5.45. The zero-order chi connectivity index (χ0) is 20.0. The van der Waals surface area contributed by atoms with Crippen molar-refractivity contribution in [2.24, 2.45) is 0 Å². The van der Waals surface area contributed by atoms with Crippen LogP contribution in [0.1, 0.15) is 12.5 Å². The number of alkyl halides is 3. The minimum atomic E-state index is -4.71. The normalized spacial score (nSPS) is 10.9. The van der Waals surface area contributed by atoms with Crippen molar-refractivity contribution in [1.82, 2.24) is 0 Å². The maximum Gasteiger partial charge on any atom is 0.418 e. The molecule has 2 rings (SSSR count). The number of benzene rings is 2. The van der Waals surface area contributed by atoms with Crippen LogP contribution in [0.4, 0.5) is 24.5 Å². The summed E-state index contributed by atoms with van der Waals surface area (Å²) in [4.78, 5) is 23.0. The smallest absolute Gasteiger partial charge is 0.418 e. The van der Waals surface area contributed by atoms with E-state index >= 15 is 0 Å². The van der Waals surface area contributed by atoms with E-state index in [9.17, 15) is 22.8 Å². The first-order chi connectivity index (χ1) is 12.7.